The highest BCUT2D eigenvalue weighted by molar-refractivity contribution is 9.10. The molecular weight excluding hydrogens is 656 g/mol. The van der Waals surface area contributed by atoms with Crippen LogP contribution < -0.4 is 11.5 Å². The largest absolute Gasteiger partial charge is 0.462 e. The molecule has 8 nitrogen and oxygen atoms in total. The van der Waals surface area contributed by atoms with E-state index in [1.165, 1.54) is 0 Å². The van der Waals surface area contributed by atoms with Crippen molar-refractivity contribution in [3.8, 4) is 12.1 Å². The monoisotopic (exact) mass is 676 g/mol. The number of halogens is 2. The van der Waals surface area contributed by atoms with E-state index in [0.29, 0.717) is 34.7 Å². The Kier molecular flexibility index (Phi) is 12.5. The van der Waals surface area contributed by atoms with Crippen LogP contribution in [0.15, 0.2) is 77.1 Å². The molecule has 0 amide bonds. The number of ether oxygens (including phenoxy) is 2. The molecule has 0 fully saturated rings. The van der Waals surface area contributed by atoms with E-state index in [4.69, 9.17) is 20.9 Å². The molecule has 196 valence electrons. The molecule has 12 heteroatoms. The van der Waals surface area contributed by atoms with Crippen LogP contribution in [0.1, 0.15) is 25.0 Å². The van der Waals surface area contributed by atoms with Gasteiger partial charge in [-0.15, -0.1) is 0 Å². The molecule has 0 saturated heterocycles. The maximum Gasteiger partial charge on any atom is 0.347 e. The molecule has 0 unspecified atom stereocenters. The topological polar surface area (TPSA) is 152 Å². The summed E-state index contributed by atoms with van der Waals surface area (Å²) in [6.07, 6.45) is 0. The van der Waals surface area contributed by atoms with Crippen molar-refractivity contribution in [1.29, 1.82) is 10.5 Å². The molecule has 2 rings (SSSR count). The van der Waals surface area contributed by atoms with Crippen LogP contribution in [0, 0.1) is 22.7 Å². The maximum atomic E-state index is 12.8. The van der Waals surface area contributed by atoms with Gasteiger partial charge in [0.05, 0.1) is 24.6 Å². The summed E-state index contributed by atoms with van der Waals surface area (Å²) < 4.78 is 11.9. The quantitative estimate of drug-likeness (QED) is 0.173. The number of nitrogens with two attached hydrogens (primary N) is 2. The summed E-state index contributed by atoms with van der Waals surface area (Å²) in [7, 11) is 0. The number of carbonyl (C=O) groups excluding carboxylic acids is 2. The zero-order valence-electron chi connectivity index (χ0n) is 20.3. The van der Waals surface area contributed by atoms with E-state index in [0.717, 1.165) is 8.95 Å². The molecule has 0 aliphatic heterocycles. The third kappa shape index (κ3) is 8.43. The van der Waals surface area contributed by atoms with Crippen molar-refractivity contribution in [2.75, 3.05) is 13.2 Å². The van der Waals surface area contributed by atoms with E-state index in [9.17, 15) is 20.1 Å². The molecule has 38 heavy (non-hydrogen) atoms. The van der Waals surface area contributed by atoms with Gasteiger partial charge in [-0.25, -0.2) is 9.59 Å². The number of nitriles is 2. The molecule has 0 saturated carbocycles. The highest BCUT2D eigenvalue weighted by Gasteiger charge is 2.25. The minimum absolute atomic E-state index is 0.0616. The molecule has 0 bridgehead atoms. The lowest BCUT2D eigenvalue weighted by Crippen LogP contribution is -2.13. The number of nitrogens with zero attached hydrogens (tertiary/aromatic N) is 2. The van der Waals surface area contributed by atoms with Crippen LogP contribution in [0.2, 0.25) is 0 Å². The summed E-state index contributed by atoms with van der Waals surface area (Å²) in [5.74, 6) is -1.52. The number of hydrogen-bond acceptors (Lipinski definition) is 10. The Morgan fingerprint density at radius 3 is 1.32 bits per heavy atom. The van der Waals surface area contributed by atoms with Crippen molar-refractivity contribution in [3.63, 3.8) is 0 Å². The van der Waals surface area contributed by atoms with E-state index in [-0.39, 0.29) is 44.2 Å². The van der Waals surface area contributed by atoms with E-state index < -0.39 is 11.9 Å². The number of benzene rings is 2. The molecule has 0 aromatic heterocycles. The van der Waals surface area contributed by atoms with E-state index in [1.807, 2.05) is 12.1 Å². The lowest BCUT2D eigenvalue weighted by Gasteiger charge is -2.13. The second-order valence-corrected chi connectivity index (χ2v) is 10.9. The van der Waals surface area contributed by atoms with Crippen molar-refractivity contribution >= 4 is 78.7 Å². The maximum absolute atomic E-state index is 12.8. The van der Waals surface area contributed by atoms with E-state index in [1.54, 1.807) is 62.4 Å². The molecule has 0 heterocycles. The van der Waals surface area contributed by atoms with Gasteiger partial charge in [0, 0.05) is 8.95 Å². The fourth-order valence-corrected chi connectivity index (χ4v) is 5.07. The van der Waals surface area contributed by atoms with Crippen LogP contribution in [0.3, 0.4) is 0 Å². The summed E-state index contributed by atoms with van der Waals surface area (Å²) in [5, 5.41) is 19.9. The Labute approximate surface area is 246 Å². The fraction of sp³-hybridized carbons (Fsp3) is 0.154. The average Bonchev–Trinajstić information content (AvgIpc) is 2.91. The predicted molar refractivity (Wildman–Crippen MR) is 157 cm³/mol. The lowest BCUT2D eigenvalue weighted by molar-refractivity contribution is -0.138. The van der Waals surface area contributed by atoms with Gasteiger partial charge in [-0.3, -0.25) is 0 Å². The number of carbonyl (C=O) groups is 2. The Balaban J connectivity index is 2.64. The van der Waals surface area contributed by atoms with Crippen LogP contribution >= 0.6 is 55.4 Å². The second-order valence-electron chi connectivity index (χ2n) is 7.03. The first-order chi connectivity index (χ1) is 18.2. The number of esters is 2. The van der Waals surface area contributed by atoms with Crippen LogP contribution in [0.4, 0.5) is 0 Å². The van der Waals surface area contributed by atoms with Gasteiger partial charge in [0.25, 0.3) is 0 Å². The molecule has 0 spiro atoms. The number of allylic oxidation sites excluding steroid dienone is 2. The van der Waals surface area contributed by atoms with Crippen LogP contribution in [-0.4, -0.2) is 25.2 Å². The van der Waals surface area contributed by atoms with Gasteiger partial charge in [-0.1, -0.05) is 79.6 Å². The summed E-state index contributed by atoms with van der Waals surface area (Å²) in [6.45, 7) is 3.41. The first-order valence-corrected chi connectivity index (χ1v) is 14.1. The average molecular weight is 678 g/mol. The molecular formula is C26H22Br2N4O4S2. The number of rotatable bonds is 10. The smallest absolute Gasteiger partial charge is 0.347 e. The fourth-order valence-electron chi connectivity index (χ4n) is 2.77. The minimum atomic E-state index is -0.761. The van der Waals surface area contributed by atoms with E-state index >= 15 is 0 Å². The molecule has 0 atom stereocenters. The van der Waals surface area contributed by atoms with Crippen molar-refractivity contribution in [2.45, 2.75) is 13.8 Å². The SMILES string of the molecule is CCOC(=O)/C(S/C(C#N)=C(/C#N)S/C(C(=O)OCC)=C(/N)c1ccc(Br)cc1)=C(\N)c1ccc(Br)cc1. The summed E-state index contributed by atoms with van der Waals surface area (Å²) >= 11 is 8.04. The van der Waals surface area contributed by atoms with Crippen LogP contribution in [0.5, 0.6) is 0 Å². The van der Waals surface area contributed by atoms with Crippen molar-refractivity contribution in [1.82, 2.24) is 0 Å². The molecule has 2 aromatic rings. The van der Waals surface area contributed by atoms with Gasteiger partial charge in [-0.2, -0.15) is 10.5 Å². The normalized spacial score (nSPS) is 12.7. The highest BCUT2D eigenvalue weighted by Crippen LogP contribution is 2.39. The van der Waals surface area contributed by atoms with Gasteiger partial charge in [0.2, 0.25) is 0 Å². The minimum Gasteiger partial charge on any atom is -0.462 e. The summed E-state index contributed by atoms with van der Waals surface area (Å²) in [6, 6.07) is 17.6. The molecule has 0 aliphatic carbocycles. The van der Waals surface area contributed by atoms with Gasteiger partial charge >= 0.3 is 11.9 Å². The number of hydrogen-bond donors (Lipinski definition) is 2. The van der Waals surface area contributed by atoms with Crippen LogP contribution in [0.25, 0.3) is 11.4 Å². The van der Waals surface area contributed by atoms with Crippen molar-refractivity contribution < 1.29 is 19.1 Å². The molecule has 0 aliphatic rings. The molecule has 0 radical (unpaired) electrons. The Morgan fingerprint density at radius 2 is 1.05 bits per heavy atom. The first-order valence-electron chi connectivity index (χ1n) is 10.9. The summed E-state index contributed by atoms with van der Waals surface area (Å²) in [5.41, 5.74) is 13.8. The summed E-state index contributed by atoms with van der Waals surface area (Å²) in [4.78, 5) is 25.1. The zero-order valence-corrected chi connectivity index (χ0v) is 25.1. The van der Waals surface area contributed by atoms with Crippen molar-refractivity contribution in [3.05, 3.63) is 88.2 Å². The van der Waals surface area contributed by atoms with Gasteiger partial charge in [0.15, 0.2) is 0 Å². The van der Waals surface area contributed by atoms with Crippen molar-refractivity contribution in [2.24, 2.45) is 11.5 Å². The molecule has 4 N–H and O–H groups in total. The third-order valence-corrected chi connectivity index (χ3v) is 7.91. The zero-order chi connectivity index (χ0) is 28.2. The van der Waals surface area contributed by atoms with Gasteiger partial charge in [-0.05, 0) is 49.2 Å². The van der Waals surface area contributed by atoms with E-state index in [2.05, 4.69) is 31.9 Å². The Morgan fingerprint density at radius 1 is 0.737 bits per heavy atom. The highest BCUT2D eigenvalue weighted by atomic mass is 79.9. The second kappa shape index (κ2) is 15.3. The number of thioether (sulfide) groups is 2. The third-order valence-electron chi connectivity index (χ3n) is 4.54. The first kappa shape index (κ1) is 31.1. The standard InChI is InChI=1S/C26H22Br2N4O4S2/c1-3-35-25(33)23(21(31)15-5-9-17(27)10-6-15)37-19(13-29)20(14-30)38-24(26(34)36-4-2)22(32)16-7-11-18(28)12-8-16/h5-12H,3-4,31-32H2,1-2H3/b20-19-,23-21+,24-22+. The van der Waals surface area contributed by atoms with Crippen LogP contribution in [-0.2, 0) is 19.1 Å². The molecule has 2 aromatic carbocycles. The lowest BCUT2D eigenvalue weighted by atomic mass is 10.1. The van der Waals surface area contributed by atoms with Gasteiger partial charge < -0.3 is 20.9 Å². The van der Waals surface area contributed by atoms with Gasteiger partial charge in [0.1, 0.15) is 31.8 Å². The Hall–Kier alpha value is -3.16. The predicted octanol–water partition coefficient (Wildman–Crippen LogP) is 6.02. The Bertz CT molecular complexity index is 1270.